The molecule has 0 aliphatic rings. The van der Waals surface area contributed by atoms with Gasteiger partial charge >= 0.3 is 11.8 Å². The number of alkyl carbamates (subject to hydrolysis) is 1. The molecule has 174 valence electrons. The van der Waals surface area contributed by atoms with Crippen LogP contribution in [0.25, 0.3) is 0 Å². The number of hydrogen-bond donors (Lipinski definition) is 1. The lowest BCUT2D eigenvalue weighted by Gasteiger charge is -2.24. The van der Waals surface area contributed by atoms with E-state index in [9.17, 15) is 18.8 Å². The zero-order valence-electron chi connectivity index (χ0n) is 18.5. The number of rotatable bonds is 6. The standard InChI is InChI=1S/C24H25BrFN3O4/c1-24(2,3)33-22(31)27-20(16-9-5-4-6-10-16)15-29-21(30)18(25)14-28(23(29)32)13-17-11-7-8-12-19(17)26/h4-12,14,20H,13,15H2,1-3H3,(H,27,31)/t20-/m0/s1. The topological polar surface area (TPSA) is 82.3 Å². The largest absolute Gasteiger partial charge is 0.444 e. The highest BCUT2D eigenvalue weighted by atomic mass is 79.9. The van der Waals surface area contributed by atoms with Gasteiger partial charge in [0.15, 0.2) is 0 Å². The summed E-state index contributed by atoms with van der Waals surface area (Å²) in [7, 11) is 0. The van der Waals surface area contributed by atoms with Gasteiger partial charge in [-0.1, -0.05) is 48.5 Å². The van der Waals surface area contributed by atoms with Gasteiger partial charge in [-0.25, -0.2) is 14.0 Å². The molecule has 1 atom stereocenters. The van der Waals surface area contributed by atoms with E-state index in [0.29, 0.717) is 11.1 Å². The highest BCUT2D eigenvalue weighted by Crippen LogP contribution is 2.16. The molecule has 0 saturated heterocycles. The first-order valence-electron chi connectivity index (χ1n) is 10.3. The third-order valence-corrected chi connectivity index (χ3v) is 5.30. The minimum Gasteiger partial charge on any atom is -0.444 e. The van der Waals surface area contributed by atoms with Crippen LogP contribution in [0.4, 0.5) is 9.18 Å². The zero-order valence-corrected chi connectivity index (χ0v) is 20.1. The number of nitrogens with one attached hydrogen (secondary N) is 1. The van der Waals surface area contributed by atoms with Crippen LogP contribution in [-0.4, -0.2) is 20.8 Å². The van der Waals surface area contributed by atoms with Gasteiger partial charge in [0.2, 0.25) is 0 Å². The van der Waals surface area contributed by atoms with Crippen molar-refractivity contribution in [3.8, 4) is 0 Å². The monoisotopic (exact) mass is 517 g/mol. The molecule has 1 aromatic heterocycles. The molecule has 0 saturated carbocycles. The summed E-state index contributed by atoms with van der Waals surface area (Å²) >= 11 is 3.20. The van der Waals surface area contributed by atoms with Gasteiger partial charge < -0.3 is 10.1 Å². The van der Waals surface area contributed by atoms with Crippen molar-refractivity contribution in [2.24, 2.45) is 0 Å². The Labute approximate surface area is 199 Å². The van der Waals surface area contributed by atoms with Gasteiger partial charge in [-0.3, -0.25) is 13.9 Å². The van der Waals surface area contributed by atoms with E-state index in [-0.39, 0.29) is 17.6 Å². The Hall–Kier alpha value is -3.20. The number of nitrogens with zero attached hydrogens (tertiary/aromatic N) is 2. The first kappa shape index (κ1) is 24.4. The van der Waals surface area contributed by atoms with Gasteiger partial charge in [-0.15, -0.1) is 0 Å². The molecule has 2 aromatic carbocycles. The molecule has 1 amide bonds. The van der Waals surface area contributed by atoms with Gasteiger partial charge in [0.1, 0.15) is 11.4 Å². The third-order valence-electron chi connectivity index (χ3n) is 4.75. The molecule has 0 radical (unpaired) electrons. The lowest BCUT2D eigenvalue weighted by molar-refractivity contribution is 0.0497. The van der Waals surface area contributed by atoms with E-state index in [0.717, 1.165) is 4.57 Å². The number of carbonyl (C=O) groups excluding carboxylic acids is 1. The molecule has 3 rings (SSSR count). The number of hydrogen-bond acceptors (Lipinski definition) is 4. The quantitative estimate of drug-likeness (QED) is 0.530. The van der Waals surface area contributed by atoms with Crippen molar-refractivity contribution in [1.29, 1.82) is 0 Å². The predicted molar refractivity (Wildman–Crippen MR) is 127 cm³/mol. The summed E-state index contributed by atoms with van der Waals surface area (Å²) in [4.78, 5) is 38.5. The lowest BCUT2D eigenvalue weighted by atomic mass is 10.1. The van der Waals surface area contributed by atoms with Gasteiger partial charge in [0.05, 0.1) is 23.6 Å². The molecule has 0 fully saturated rings. The molecule has 33 heavy (non-hydrogen) atoms. The highest BCUT2D eigenvalue weighted by Gasteiger charge is 2.23. The number of halogens is 2. The van der Waals surface area contributed by atoms with Crippen LogP contribution < -0.4 is 16.6 Å². The second-order valence-electron chi connectivity index (χ2n) is 8.50. The number of aromatic nitrogens is 2. The summed E-state index contributed by atoms with van der Waals surface area (Å²) in [6.07, 6.45) is 0.665. The molecule has 7 nitrogen and oxygen atoms in total. The van der Waals surface area contributed by atoms with Crippen LogP contribution in [0.1, 0.15) is 37.9 Å². The Morgan fingerprint density at radius 1 is 1.09 bits per heavy atom. The molecule has 0 aliphatic heterocycles. The maximum Gasteiger partial charge on any atom is 0.408 e. The van der Waals surface area contributed by atoms with Crippen molar-refractivity contribution in [2.75, 3.05) is 0 Å². The van der Waals surface area contributed by atoms with Crippen LogP contribution in [0.5, 0.6) is 0 Å². The van der Waals surface area contributed by atoms with E-state index in [1.807, 2.05) is 6.07 Å². The first-order valence-corrected chi connectivity index (χ1v) is 11.1. The van der Waals surface area contributed by atoms with Crippen LogP contribution in [-0.2, 0) is 17.8 Å². The Kier molecular flexibility index (Phi) is 7.53. The third kappa shape index (κ3) is 6.41. The van der Waals surface area contributed by atoms with Gasteiger partial charge in [0.25, 0.3) is 5.56 Å². The van der Waals surface area contributed by atoms with Crippen molar-refractivity contribution in [2.45, 2.75) is 45.5 Å². The Morgan fingerprint density at radius 2 is 1.73 bits per heavy atom. The Bertz CT molecular complexity index is 1250. The van der Waals surface area contributed by atoms with Gasteiger partial charge in [0, 0.05) is 11.8 Å². The normalized spacial score (nSPS) is 12.3. The second-order valence-corrected chi connectivity index (χ2v) is 9.36. The van der Waals surface area contributed by atoms with E-state index in [4.69, 9.17) is 4.74 Å². The maximum atomic E-state index is 14.1. The molecule has 0 bridgehead atoms. The fourth-order valence-electron chi connectivity index (χ4n) is 3.25. The number of ether oxygens (including phenoxy) is 1. The fraction of sp³-hybridized carbons (Fsp3) is 0.292. The molecular formula is C24H25BrFN3O4. The summed E-state index contributed by atoms with van der Waals surface area (Å²) in [5.41, 5.74) is -0.904. The number of benzene rings is 2. The van der Waals surface area contributed by atoms with Gasteiger partial charge in [-0.05, 0) is 48.3 Å². The molecular weight excluding hydrogens is 493 g/mol. The van der Waals surface area contributed by atoms with E-state index in [1.54, 1.807) is 63.2 Å². The van der Waals surface area contributed by atoms with Crippen LogP contribution in [0.3, 0.4) is 0 Å². The van der Waals surface area contributed by atoms with Crippen molar-refractivity contribution in [3.63, 3.8) is 0 Å². The lowest BCUT2D eigenvalue weighted by Crippen LogP contribution is -2.44. The Balaban J connectivity index is 1.99. The van der Waals surface area contributed by atoms with E-state index < -0.39 is 34.8 Å². The SMILES string of the molecule is CC(C)(C)OC(=O)N[C@@H](Cn1c(=O)c(Br)cn(Cc2ccccc2F)c1=O)c1ccccc1. The summed E-state index contributed by atoms with van der Waals surface area (Å²) in [5.74, 6) is -0.452. The van der Waals surface area contributed by atoms with E-state index >= 15 is 0 Å². The van der Waals surface area contributed by atoms with Crippen LogP contribution in [0.2, 0.25) is 0 Å². The average Bonchev–Trinajstić information content (AvgIpc) is 2.75. The van der Waals surface area contributed by atoms with E-state index in [1.165, 1.54) is 16.8 Å². The number of amides is 1. The minimum atomic E-state index is -0.720. The molecule has 0 aliphatic carbocycles. The molecule has 3 aromatic rings. The predicted octanol–water partition coefficient (Wildman–Crippen LogP) is 4.23. The summed E-state index contributed by atoms with van der Waals surface area (Å²) in [5, 5.41) is 2.75. The van der Waals surface area contributed by atoms with Crippen molar-refractivity contribution in [1.82, 2.24) is 14.5 Å². The van der Waals surface area contributed by atoms with Gasteiger partial charge in [-0.2, -0.15) is 0 Å². The smallest absolute Gasteiger partial charge is 0.408 e. The van der Waals surface area contributed by atoms with Crippen molar-refractivity contribution < 1.29 is 13.9 Å². The molecule has 1 N–H and O–H groups in total. The van der Waals surface area contributed by atoms with Crippen molar-refractivity contribution >= 4 is 22.0 Å². The second kappa shape index (κ2) is 10.2. The Morgan fingerprint density at radius 3 is 2.36 bits per heavy atom. The summed E-state index contributed by atoms with van der Waals surface area (Å²) in [6.45, 7) is 5.02. The van der Waals surface area contributed by atoms with Crippen LogP contribution in [0.15, 0.2) is 74.9 Å². The molecule has 9 heteroatoms. The molecule has 1 heterocycles. The van der Waals surface area contributed by atoms with Crippen molar-refractivity contribution in [3.05, 3.63) is 103 Å². The summed E-state index contributed by atoms with van der Waals surface area (Å²) < 4.78 is 21.9. The maximum absolute atomic E-state index is 14.1. The first-order chi connectivity index (χ1) is 15.5. The minimum absolute atomic E-state index is 0.0557. The molecule has 0 spiro atoms. The van der Waals surface area contributed by atoms with Crippen LogP contribution in [0, 0.1) is 5.82 Å². The fourth-order valence-corrected chi connectivity index (χ4v) is 3.72. The summed E-state index contributed by atoms with van der Waals surface area (Å²) in [6, 6.07) is 14.4. The average molecular weight is 518 g/mol. The zero-order chi connectivity index (χ0) is 24.2. The number of carbonyl (C=O) groups is 1. The van der Waals surface area contributed by atoms with E-state index in [2.05, 4.69) is 21.2 Å². The highest BCUT2D eigenvalue weighted by molar-refractivity contribution is 9.10. The molecule has 0 unspecified atom stereocenters. The van der Waals surface area contributed by atoms with Crippen LogP contribution >= 0.6 is 15.9 Å².